The minimum atomic E-state index is -2.29. The normalized spacial score (nSPS) is 12.1. The van der Waals surface area contributed by atoms with E-state index in [9.17, 15) is 9.36 Å². The van der Waals surface area contributed by atoms with Crippen LogP contribution in [0.25, 0.3) is 32.3 Å². The predicted octanol–water partition coefficient (Wildman–Crippen LogP) is 4.48. The molecule has 0 saturated carbocycles. The largest absolute Gasteiger partial charge is 0.509 e. The summed E-state index contributed by atoms with van der Waals surface area (Å²) in [5, 5.41) is 6.37. The van der Waals surface area contributed by atoms with Crippen LogP contribution in [0.4, 0.5) is 0 Å². The number of esters is 1. The van der Waals surface area contributed by atoms with E-state index >= 15 is 0 Å². The minimum Gasteiger partial charge on any atom is -0.457 e. The van der Waals surface area contributed by atoms with E-state index in [-0.39, 0.29) is 12.8 Å². The number of ether oxygens (including phenoxy) is 1. The smallest absolute Gasteiger partial charge is 0.457 e. The maximum Gasteiger partial charge on any atom is 0.509 e. The summed E-state index contributed by atoms with van der Waals surface area (Å²) in [6.45, 7) is -0.0630. The number of carbonyl (C=O) groups is 1. The van der Waals surface area contributed by atoms with Gasteiger partial charge in [0.2, 0.25) is 6.16 Å². The quantitative estimate of drug-likeness (QED) is 0.339. The molecule has 1 atom stereocenters. The molecule has 0 aliphatic carbocycles. The Morgan fingerprint density at radius 2 is 1.54 bits per heavy atom. The van der Waals surface area contributed by atoms with Gasteiger partial charge in [0.05, 0.1) is 5.56 Å². The summed E-state index contributed by atoms with van der Waals surface area (Å²) in [7, 11) is -2.29. The van der Waals surface area contributed by atoms with Gasteiger partial charge in [-0.1, -0.05) is 48.5 Å². The van der Waals surface area contributed by atoms with Crippen molar-refractivity contribution in [2.45, 2.75) is 0 Å². The summed E-state index contributed by atoms with van der Waals surface area (Å²) in [6, 6.07) is 17.9. The molecule has 4 rings (SSSR count). The Morgan fingerprint density at radius 3 is 2.25 bits per heavy atom. The van der Waals surface area contributed by atoms with Crippen LogP contribution in [0, 0.1) is 0 Å². The Morgan fingerprint density at radius 1 is 0.917 bits per heavy atom. The molecule has 0 aliphatic rings. The van der Waals surface area contributed by atoms with Crippen molar-refractivity contribution in [2.24, 2.45) is 0 Å². The van der Waals surface area contributed by atoms with Gasteiger partial charge in [-0.2, -0.15) is 4.89 Å². The van der Waals surface area contributed by atoms with Gasteiger partial charge < -0.3 is 4.74 Å². The first-order chi connectivity index (χ1) is 11.6. The SMILES string of the molecule is O=C(OCC[P+](=O)O)c1ccc2ccc3cccc4ccc1c2c34. The maximum atomic E-state index is 12.4. The molecule has 0 bridgehead atoms. The highest BCUT2D eigenvalue weighted by Crippen LogP contribution is 2.36. The molecule has 0 amide bonds. The highest BCUT2D eigenvalue weighted by atomic mass is 31.1. The van der Waals surface area contributed by atoms with Crippen molar-refractivity contribution < 1.29 is 19.0 Å². The van der Waals surface area contributed by atoms with Crippen LogP contribution in [0.15, 0.2) is 54.6 Å². The van der Waals surface area contributed by atoms with Crippen molar-refractivity contribution in [2.75, 3.05) is 12.8 Å². The molecular weight excluding hydrogens is 323 g/mol. The lowest BCUT2D eigenvalue weighted by Crippen LogP contribution is -2.08. The summed E-state index contributed by atoms with van der Waals surface area (Å²) in [5.74, 6) is -0.468. The zero-order chi connectivity index (χ0) is 16.7. The molecule has 0 saturated heterocycles. The zero-order valence-corrected chi connectivity index (χ0v) is 13.6. The molecule has 24 heavy (non-hydrogen) atoms. The van der Waals surface area contributed by atoms with Crippen LogP contribution in [0.3, 0.4) is 0 Å². The van der Waals surface area contributed by atoms with E-state index in [1.165, 1.54) is 0 Å². The van der Waals surface area contributed by atoms with E-state index in [1.54, 1.807) is 6.07 Å². The lowest BCUT2D eigenvalue weighted by Gasteiger charge is -2.13. The van der Waals surface area contributed by atoms with E-state index in [4.69, 9.17) is 9.63 Å². The highest BCUT2D eigenvalue weighted by molar-refractivity contribution is 7.38. The Bertz CT molecular complexity index is 1070. The van der Waals surface area contributed by atoms with Gasteiger partial charge in [-0.25, -0.2) is 4.79 Å². The van der Waals surface area contributed by atoms with Crippen LogP contribution in [0.5, 0.6) is 0 Å². The van der Waals surface area contributed by atoms with Gasteiger partial charge in [0.1, 0.15) is 6.61 Å². The maximum absolute atomic E-state index is 12.4. The van der Waals surface area contributed by atoms with Gasteiger partial charge in [-0.15, -0.1) is 0 Å². The third-order valence-electron chi connectivity index (χ3n) is 4.26. The van der Waals surface area contributed by atoms with E-state index in [2.05, 4.69) is 24.3 Å². The first-order valence-corrected chi connectivity index (χ1v) is 9.02. The Hall–Kier alpha value is -2.55. The fourth-order valence-corrected chi connectivity index (χ4v) is 3.45. The molecule has 0 aromatic heterocycles. The minimum absolute atomic E-state index is 0.0487. The van der Waals surface area contributed by atoms with Crippen LogP contribution in [-0.4, -0.2) is 23.6 Å². The molecule has 4 nitrogen and oxygen atoms in total. The highest BCUT2D eigenvalue weighted by Gasteiger charge is 2.17. The summed E-state index contributed by atoms with van der Waals surface area (Å²) in [4.78, 5) is 21.2. The molecule has 0 spiro atoms. The zero-order valence-electron chi connectivity index (χ0n) is 12.7. The topological polar surface area (TPSA) is 63.6 Å². The first-order valence-electron chi connectivity index (χ1n) is 7.62. The molecule has 0 heterocycles. The molecule has 1 unspecified atom stereocenters. The van der Waals surface area contributed by atoms with Crippen molar-refractivity contribution in [3.63, 3.8) is 0 Å². The molecule has 4 aromatic rings. The predicted molar refractivity (Wildman–Crippen MR) is 95.1 cm³/mol. The molecule has 4 aromatic carbocycles. The van der Waals surface area contributed by atoms with E-state index < -0.39 is 14.0 Å². The summed E-state index contributed by atoms with van der Waals surface area (Å²) in [5.41, 5.74) is 0.480. The second-order valence-electron chi connectivity index (χ2n) is 5.68. The van der Waals surface area contributed by atoms with E-state index in [0.717, 1.165) is 32.3 Å². The molecule has 118 valence electrons. The number of carbonyl (C=O) groups excluding carboxylic acids is 1. The van der Waals surface area contributed by atoms with Crippen LogP contribution in [-0.2, 0) is 9.30 Å². The van der Waals surface area contributed by atoms with Crippen molar-refractivity contribution in [3.8, 4) is 0 Å². The average Bonchev–Trinajstić information content (AvgIpc) is 2.59. The number of rotatable bonds is 4. The van der Waals surface area contributed by atoms with Crippen LogP contribution >= 0.6 is 8.03 Å². The summed E-state index contributed by atoms with van der Waals surface area (Å²) < 4.78 is 15.9. The van der Waals surface area contributed by atoms with Gasteiger partial charge in [0, 0.05) is 0 Å². The lowest BCUT2D eigenvalue weighted by atomic mass is 9.92. The van der Waals surface area contributed by atoms with E-state index in [0.29, 0.717) is 5.56 Å². The second kappa shape index (κ2) is 5.82. The third kappa shape index (κ3) is 2.41. The molecular formula is C19H14O4P+. The lowest BCUT2D eigenvalue weighted by molar-refractivity contribution is 0.0530. The number of hydrogen-bond acceptors (Lipinski definition) is 3. The number of benzene rings is 4. The van der Waals surface area contributed by atoms with Gasteiger partial charge >= 0.3 is 14.0 Å². The van der Waals surface area contributed by atoms with Crippen LogP contribution in [0.2, 0.25) is 0 Å². The molecule has 0 aliphatic heterocycles. The van der Waals surface area contributed by atoms with E-state index in [1.807, 2.05) is 24.3 Å². The van der Waals surface area contributed by atoms with Crippen LogP contribution < -0.4 is 0 Å². The van der Waals surface area contributed by atoms with Crippen molar-refractivity contribution in [1.82, 2.24) is 0 Å². The molecule has 0 radical (unpaired) electrons. The standard InChI is InChI=1S/C19H13O4P/c20-19(23-10-11-24(21)22)16-9-7-14-5-4-12-2-1-3-13-6-8-15(16)18(14)17(12)13/h1-9H,10-11H2/p+1. The van der Waals surface area contributed by atoms with Gasteiger partial charge in [0.25, 0.3) is 0 Å². The van der Waals surface area contributed by atoms with Gasteiger partial charge in [-0.3, -0.25) is 0 Å². The van der Waals surface area contributed by atoms with Crippen molar-refractivity contribution >= 4 is 46.3 Å². The molecule has 5 heteroatoms. The van der Waals surface area contributed by atoms with Gasteiger partial charge in [0.15, 0.2) is 0 Å². The van der Waals surface area contributed by atoms with Crippen molar-refractivity contribution in [3.05, 3.63) is 60.2 Å². The Labute approximate surface area is 138 Å². The molecule has 1 N–H and O–H groups in total. The van der Waals surface area contributed by atoms with Gasteiger partial charge in [-0.05, 0) is 42.9 Å². The number of hydrogen-bond donors (Lipinski definition) is 1. The van der Waals surface area contributed by atoms with Crippen LogP contribution in [0.1, 0.15) is 10.4 Å². The fourth-order valence-electron chi connectivity index (χ4n) is 3.21. The van der Waals surface area contributed by atoms with Crippen molar-refractivity contribution in [1.29, 1.82) is 0 Å². The fraction of sp³-hybridized carbons (Fsp3) is 0.105. The monoisotopic (exact) mass is 337 g/mol. The Balaban J connectivity index is 1.88. The first kappa shape index (κ1) is 15.0. The summed E-state index contributed by atoms with van der Waals surface area (Å²) >= 11 is 0. The second-order valence-corrected chi connectivity index (χ2v) is 6.83. The molecule has 0 fully saturated rings. The average molecular weight is 337 g/mol. The Kier molecular flexibility index (Phi) is 3.64. The summed E-state index contributed by atoms with van der Waals surface area (Å²) in [6.07, 6.45) is -0.0487. The third-order valence-corrected chi connectivity index (χ3v) is 4.83.